The zero-order valence-electron chi connectivity index (χ0n) is 12.2. The van der Waals surface area contributed by atoms with E-state index in [1.54, 1.807) is 0 Å². The first kappa shape index (κ1) is 14.1. The van der Waals surface area contributed by atoms with Crippen molar-refractivity contribution < 1.29 is 4.74 Å². The van der Waals surface area contributed by atoms with Crippen LogP contribution in [-0.4, -0.2) is 23.1 Å². The maximum absolute atomic E-state index is 12.1. The Morgan fingerprint density at radius 2 is 2.16 bits per heavy atom. The lowest BCUT2D eigenvalue weighted by atomic mass is 9.88. The summed E-state index contributed by atoms with van der Waals surface area (Å²) in [4.78, 5) is 19.6. The quantitative estimate of drug-likeness (QED) is 0.879. The number of fused-ring (bicyclic) bond motifs is 1. The lowest BCUT2D eigenvalue weighted by Gasteiger charge is -2.30. The first-order chi connectivity index (χ1) is 8.93. The molecule has 5 heteroatoms. The molecule has 2 rings (SSSR count). The van der Waals surface area contributed by atoms with Crippen LogP contribution in [-0.2, 0) is 11.2 Å². The van der Waals surface area contributed by atoms with E-state index in [0.717, 1.165) is 30.8 Å². The van der Waals surface area contributed by atoms with Crippen molar-refractivity contribution in [2.75, 3.05) is 18.5 Å². The second-order valence-corrected chi connectivity index (χ2v) is 6.01. The van der Waals surface area contributed by atoms with Gasteiger partial charge >= 0.3 is 0 Å². The normalized spacial score (nSPS) is 16.6. The molecule has 19 heavy (non-hydrogen) atoms. The van der Waals surface area contributed by atoms with E-state index in [-0.39, 0.29) is 17.1 Å². The van der Waals surface area contributed by atoms with Gasteiger partial charge in [-0.3, -0.25) is 4.79 Å². The molecule has 2 heterocycles. The summed E-state index contributed by atoms with van der Waals surface area (Å²) >= 11 is 0. The predicted octanol–water partition coefficient (Wildman–Crippen LogP) is 2.25. The van der Waals surface area contributed by atoms with E-state index >= 15 is 0 Å². The van der Waals surface area contributed by atoms with Crippen LogP contribution in [0, 0.1) is 5.41 Å². The van der Waals surface area contributed by atoms with Gasteiger partial charge in [0.05, 0.1) is 5.56 Å². The molecule has 0 saturated heterocycles. The second kappa shape index (κ2) is 5.33. The fourth-order valence-corrected chi connectivity index (χ4v) is 2.40. The molecular weight excluding hydrogens is 242 g/mol. The molecule has 1 aliphatic rings. The van der Waals surface area contributed by atoms with E-state index in [9.17, 15) is 4.79 Å². The minimum absolute atomic E-state index is 0.0406. The fraction of sp³-hybridized carbons (Fsp3) is 0.714. The average molecular weight is 265 g/mol. The zero-order chi connectivity index (χ0) is 14.0. The average Bonchev–Trinajstić information content (AvgIpc) is 2.34. The Kier molecular flexibility index (Phi) is 3.94. The molecule has 0 radical (unpaired) electrons. The maximum atomic E-state index is 12.1. The SMILES string of the molecule is CCOC(c1nc2c(c(=O)[nH]1)CCCN2)C(C)(C)C. The molecular formula is C14H23N3O2. The maximum Gasteiger partial charge on any atom is 0.256 e. The van der Waals surface area contributed by atoms with Gasteiger partial charge in [0.1, 0.15) is 17.7 Å². The highest BCUT2D eigenvalue weighted by Gasteiger charge is 2.30. The Morgan fingerprint density at radius 1 is 1.42 bits per heavy atom. The summed E-state index contributed by atoms with van der Waals surface area (Å²) in [6.07, 6.45) is 1.56. The molecule has 0 bridgehead atoms. The van der Waals surface area contributed by atoms with Crippen LogP contribution in [0.2, 0.25) is 0 Å². The lowest BCUT2D eigenvalue weighted by Crippen LogP contribution is -2.30. The van der Waals surface area contributed by atoms with Gasteiger partial charge in [0.15, 0.2) is 0 Å². The van der Waals surface area contributed by atoms with Crippen molar-refractivity contribution in [3.05, 3.63) is 21.7 Å². The summed E-state index contributed by atoms with van der Waals surface area (Å²) in [6.45, 7) is 9.67. The molecule has 0 fully saturated rings. The molecule has 1 aromatic rings. The molecule has 1 aliphatic heterocycles. The topological polar surface area (TPSA) is 67.0 Å². The predicted molar refractivity (Wildman–Crippen MR) is 75.5 cm³/mol. The van der Waals surface area contributed by atoms with Crippen LogP contribution in [0.1, 0.15) is 51.6 Å². The minimum Gasteiger partial charge on any atom is -0.370 e. The Bertz CT molecular complexity index is 502. The number of H-pyrrole nitrogens is 1. The summed E-state index contributed by atoms with van der Waals surface area (Å²) in [5, 5.41) is 3.21. The van der Waals surface area contributed by atoms with E-state index in [4.69, 9.17) is 4.74 Å². The highest BCUT2D eigenvalue weighted by molar-refractivity contribution is 5.45. The summed E-state index contributed by atoms with van der Waals surface area (Å²) in [5.74, 6) is 1.34. The molecule has 1 atom stereocenters. The molecule has 2 N–H and O–H groups in total. The number of rotatable bonds is 3. The Labute approximate surface area is 113 Å². The number of ether oxygens (including phenoxy) is 1. The minimum atomic E-state index is -0.209. The highest BCUT2D eigenvalue weighted by atomic mass is 16.5. The van der Waals surface area contributed by atoms with Crippen molar-refractivity contribution >= 4 is 5.82 Å². The van der Waals surface area contributed by atoms with Gasteiger partial charge in [-0.15, -0.1) is 0 Å². The summed E-state index contributed by atoms with van der Waals surface area (Å²) in [6, 6.07) is 0. The van der Waals surface area contributed by atoms with E-state index in [2.05, 4.69) is 36.1 Å². The summed E-state index contributed by atoms with van der Waals surface area (Å²) < 4.78 is 5.78. The standard InChI is InChI=1S/C14H23N3O2/c1-5-19-10(14(2,3)4)12-16-11-9(13(18)17-12)7-6-8-15-11/h10H,5-8H2,1-4H3,(H2,15,16,17,18). The van der Waals surface area contributed by atoms with Crippen LogP contribution in [0.15, 0.2) is 4.79 Å². The third-order valence-electron chi connectivity index (χ3n) is 3.30. The molecule has 1 aromatic heterocycles. The van der Waals surface area contributed by atoms with Gasteiger partial charge in [-0.05, 0) is 25.2 Å². The van der Waals surface area contributed by atoms with Crippen molar-refractivity contribution in [3.63, 3.8) is 0 Å². The third-order valence-corrected chi connectivity index (χ3v) is 3.30. The van der Waals surface area contributed by atoms with E-state index < -0.39 is 0 Å². The largest absolute Gasteiger partial charge is 0.370 e. The first-order valence-electron chi connectivity index (χ1n) is 6.92. The van der Waals surface area contributed by atoms with Crippen LogP contribution in [0.4, 0.5) is 5.82 Å². The smallest absolute Gasteiger partial charge is 0.256 e. The van der Waals surface area contributed by atoms with E-state index in [0.29, 0.717) is 12.4 Å². The molecule has 0 aliphatic carbocycles. The van der Waals surface area contributed by atoms with Crippen LogP contribution >= 0.6 is 0 Å². The number of nitrogens with one attached hydrogen (secondary N) is 2. The van der Waals surface area contributed by atoms with Gasteiger partial charge in [-0.1, -0.05) is 20.8 Å². The van der Waals surface area contributed by atoms with Crippen LogP contribution in [0.25, 0.3) is 0 Å². The van der Waals surface area contributed by atoms with E-state index in [1.165, 1.54) is 0 Å². The molecule has 0 spiro atoms. The number of nitrogens with zero attached hydrogens (tertiary/aromatic N) is 1. The molecule has 5 nitrogen and oxygen atoms in total. The highest BCUT2D eigenvalue weighted by Crippen LogP contribution is 2.34. The molecule has 106 valence electrons. The lowest BCUT2D eigenvalue weighted by molar-refractivity contribution is -0.0192. The van der Waals surface area contributed by atoms with Crippen molar-refractivity contribution in [1.82, 2.24) is 9.97 Å². The second-order valence-electron chi connectivity index (χ2n) is 6.01. The summed E-state index contributed by atoms with van der Waals surface area (Å²) in [7, 11) is 0. The zero-order valence-corrected chi connectivity index (χ0v) is 12.2. The summed E-state index contributed by atoms with van der Waals surface area (Å²) in [5.41, 5.74) is 0.606. The van der Waals surface area contributed by atoms with Gasteiger partial charge in [0.25, 0.3) is 5.56 Å². The van der Waals surface area contributed by atoms with Crippen LogP contribution in [0.3, 0.4) is 0 Å². The van der Waals surface area contributed by atoms with Crippen molar-refractivity contribution in [1.29, 1.82) is 0 Å². The van der Waals surface area contributed by atoms with Crippen molar-refractivity contribution in [2.45, 2.75) is 46.6 Å². The Hall–Kier alpha value is -1.36. The van der Waals surface area contributed by atoms with Gasteiger partial charge in [-0.2, -0.15) is 0 Å². The van der Waals surface area contributed by atoms with Crippen LogP contribution < -0.4 is 10.9 Å². The van der Waals surface area contributed by atoms with Gasteiger partial charge < -0.3 is 15.0 Å². The van der Waals surface area contributed by atoms with Gasteiger partial charge in [0.2, 0.25) is 0 Å². The third kappa shape index (κ3) is 2.97. The fourth-order valence-electron chi connectivity index (χ4n) is 2.40. The van der Waals surface area contributed by atoms with Crippen molar-refractivity contribution in [2.24, 2.45) is 5.41 Å². The number of aromatic nitrogens is 2. The van der Waals surface area contributed by atoms with Gasteiger partial charge in [-0.25, -0.2) is 4.98 Å². The number of anilines is 1. The number of hydrogen-bond donors (Lipinski definition) is 2. The number of aromatic amines is 1. The van der Waals surface area contributed by atoms with Crippen LogP contribution in [0.5, 0.6) is 0 Å². The molecule has 0 amide bonds. The molecule has 1 unspecified atom stereocenters. The monoisotopic (exact) mass is 265 g/mol. The number of hydrogen-bond acceptors (Lipinski definition) is 4. The van der Waals surface area contributed by atoms with Gasteiger partial charge in [0, 0.05) is 13.2 Å². The molecule has 0 saturated carbocycles. The molecule has 0 aromatic carbocycles. The van der Waals surface area contributed by atoms with Crippen molar-refractivity contribution in [3.8, 4) is 0 Å². The Morgan fingerprint density at radius 3 is 2.79 bits per heavy atom. The first-order valence-corrected chi connectivity index (χ1v) is 6.92. The van der Waals surface area contributed by atoms with E-state index in [1.807, 2.05) is 6.92 Å². The Balaban J connectivity index is 2.44.